The third-order valence-corrected chi connectivity index (χ3v) is 2.98. The molecule has 1 unspecified atom stereocenters. The molecule has 1 N–H and O–H groups in total. The predicted molar refractivity (Wildman–Crippen MR) is 60.9 cm³/mol. The molecule has 0 amide bonds. The Morgan fingerprint density at radius 2 is 1.87 bits per heavy atom. The number of carboxylic acid groups (broad SMARTS) is 1. The molecule has 0 saturated carbocycles. The number of ether oxygens (including phenoxy) is 1. The smallest absolute Gasteiger partial charge is 0.309 e. The quantitative estimate of drug-likeness (QED) is 0.666. The van der Waals surface area contributed by atoms with Crippen LogP contribution in [0.3, 0.4) is 0 Å². The van der Waals surface area contributed by atoms with Crippen molar-refractivity contribution in [2.75, 3.05) is 13.2 Å². The highest BCUT2D eigenvalue weighted by atomic mass is 16.5. The Bertz CT molecular complexity index is 199. The lowest BCUT2D eigenvalue weighted by Crippen LogP contribution is -2.34. The van der Waals surface area contributed by atoms with Crippen LogP contribution in [0.4, 0.5) is 0 Å². The third-order valence-electron chi connectivity index (χ3n) is 2.98. The van der Waals surface area contributed by atoms with Gasteiger partial charge in [-0.3, -0.25) is 4.79 Å². The van der Waals surface area contributed by atoms with E-state index in [1.165, 1.54) is 0 Å². The molecule has 0 aromatic carbocycles. The van der Waals surface area contributed by atoms with E-state index in [-0.39, 0.29) is 5.92 Å². The van der Waals surface area contributed by atoms with E-state index in [1.807, 2.05) is 13.8 Å². The van der Waals surface area contributed by atoms with Crippen LogP contribution < -0.4 is 0 Å². The Morgan fingerprint density at radius 3 is 2.20 bits per heavy atom. The van der Waals surface area contributed by atoms with Crippen molar-refractivity contribution in [1.82, 2.24) is 0 Å². The fraction of sp³-hybridized carbons (Fsp3) is 0.917. The van der Waals surface area contributed by atoms with Crippen LogP contribution in [-0.2, 0) is 9.53 Å². The zero-order valence-corrected chi connectivity index (χ0v) is 10.5. The second-order valence-corrected chi connectivity index (χ2v) is 5.10. The molecule has 0 aliphatic carbocycles. The van der Waals surface area contributed by atoms with Gasteiger partial charge < -0.3 is 9.84 Å². The summed E-state index contributed by atoms with van der Waals surface area (Å²) in [5.41, 5.74) is -0.670. The maximum atomic E-state index is 11.1. The van der Waals surface area contributed by atoms with Crippen molar-refractivity contribution in [2.24, 2.45) is 17.3 Å². The lowest BCUT2D eigenvalue weighted by molar-refractivity contribution is -0.152. The fourth-order valence-electron chi connectivity index (χ4n) is 1.25. The average molecular weight is 216 g/mol. The van der Waals surface area contributed by atoms with Crippen LogP contribution in [0.5, 0.6) is 0 Å². The van der Waals surface area contributed by atoms with Crippen molar-refractivity contribution >= 4 is 5.97 Å². The summed E-state index contributed by atoms with van der Waals surface area (Å²) < 4.78 is 5.43. The fourth-order valence-corrected chi connectivity index (χ4v) is 1.25. The summed E-state index contributed by atoms with van der Waals surface area (Å²) in [7, 11) is 0. The van der Waals surface area contributed by atoms with Gasteiger partial charge in [0.15, 0.2) is 0 Å². The largest absolute Gasteiger partial charge is 0.481 e. The van der Waals surface area contributed by atoms with Gasteiger partial charge in [0.1, 0.15) is 0 Å². The van der Waals surface area contributed by atoms with Crippen LogP contribution in [0.1, 0.15) is 41.0 Å². The van der Waals surface area contributed by atoms with Crippen LogP contribution in [0, 0.1) is 17.3 Å². The number of aliphatic carboxylic acids is 1. The van der Waals surface area contributed by atoms with Crippen LogP contribution in [0.25, 0.3) is 0 Å². The molecular weight excluding hydrogens is 192 g/mol. The Morgan fingerprint density at radius 1 is 1.33 bits per heavy atom. The van der Waals surface area contributed by atoms with E-state index in [9.17, 15) is 4.79 Å². The van der Waals surface area contributed by atoms with E-state index in [1.54, 1.807) is 6.92 Å². The summed E-state index contributed by atoms with van der Waals surface area (Å²) in [6.45, 7) is 11.1. The number of rotatable bonds is 7. The Kier molecular flexibility index (Phi) is 5.88. The predicted octanol–water partition coefficient (Wildman–Crippen LogP) is 2.80. The molecule has 0 fully saturated rings. The minimum atomic E-state index is -0.731. The van der Waals surface area contributed by atoms with Gasteiger partial charge >= 0.3 is 5.97 Å². The zero-order valence-electron chi connectivity index (χ0n) is 10.5. The van der Waals surface area contributed by atoms with Gasteiger partial charge in [-0.05, 0) is 25.2 Å². The molecule has 0 bridgehead atoms. The van der Waals surface area contributed by atoms with Crippen molar-refractivity contribution < 1.29 is 14.6 Å². The minimum absolute atomic E-state index is 0.123. The first-order chi connectivity index (χ1) is 6.80. The molecule has 3 nitrogen and oxygen atoms in total. The van der Waals surface area contributed by atoms with Crippen molar-refractivity contribution in [3.63, 3.8) is 0 Å². The van der Waals surface area contributed by atoms with E-state index in [4.69, 9.17) is 9.84 Å². The van der Waals surface area contributed by atoms with Crippen LogP contribution in [0.15, 0.2) is 0 Å². The van der Waals surface area contributed by atoms with Crippen molar-refractivity contribution in [3.05, 3.63) is 0 Å². The van der Waals surface area contributed by atoms with E-state index >= 15 is 0 Å². The zero-order chi connectivity index (χ0) is 12.1. The number of carbonyl (C=O) groups is 1. The highest BCUT2D eigenvalue weighted by molar-refractivity contribution is 5.74. The maximum Gasteiger partial charge on any atom is 0.309 e. The van der Waals surface area contributed by atoms with Crippen molar-refractivity contribution in [1.29, 1.82) is 0 Å². The SMILES string of the molecule is CC(C)COCCC(C)(C(=O)O)C(C)C. The number of hydrogen-bond acceptors (Lipinski definition) is 2. The van der Waals surface area contributed by atoms with E-state index in [0.29, 0.717) is 25.6 Å². The lowest BCUT2D eigenvalue weighted by Gasteiger charge is -2.28. The molecule has 0 heterocycles. The first-order valence-electron chi connectivity index (χ1n) is 5.61. The van der Waals surface area contributed by atoms with Gasteiger partial charge in [0.2, 0.25) is 0 Å². The molecular formula is C12H24O3. The van der Waals surface area contributed by atoms with Crippen LogP contribution >= 0.6 is 0 Å². The molecule has 0 saturated heterocycles. The lowest BCUT2D eigenvalue weighted by atomic mass is 9.77. The first-order valence-corrected chi connectivity index (χ1v) is 5.61. The van der Waals surface area contributed by atoms with Gasteiger partial charge in [0, 0.05) is 13.2 Å². The molecule has 3 heteroatoms. The second kappa shape index (κ2) is 6.11. The standard InChI is InChI=1S/C12H24O3/c1-9(2)8-15-7-6-12(5,10(3)4)11(13)14/h9-10H,6-8H2,1-5H3,(H,13,14). The number of carboxylic acids is 1. The summed E-state index contributed by atoms with van der Waals surface area (Å²) in [5, 5.41) is 9.16. The average Bonchev–Trinajstić information content (AvgIpc) is 2.10. The van der Waals surface area contributed by atoms with Gasteiger partial charge in [0.05, 0.1) is 5.41 Å². The van der Waals surface area contributed by atoms with E-state index < -0.39 is 11.4 Å². The van der Waals surface area contributed by atoms with Gasteiger partial charge in [-0.25, -0.2) is 0 Å². The van der Waals surface area contributed by atoms with E-state index in [2.05, 4.69) is 13.8 Å². The van der Waals surface area contributed by atoms with Gasteiger partial charge in [-0.15, -0.1) is 0 Å². The highest BCUT2D eigenvalue weighted by Crippen LogP contribution is 2.31. The summed E-state index contributed by atoms with van der Waals surface area (Å²) in [6.07, 6.45) is 0.576. The first kappa shape index (κ1) is 14.4. The third kappa shape index (κ3) is 4.65. The van der Waals surface area contributed by atoms with Gasteiger partial charge in [0.25, 0.3) is 0 Å². The van der Waals surface area contributed by atoms with Gasteiger partial charge in [-0.1, -0.05) is 27.7 Å². The summed E-state index contributed by atoms with van der Waals surface area (Å²) in [6, 6.07) is 0. The second-order valence-electron chi connectivity index (χ2n) is 5.10. The molecule has 1 atom stereocenters. The number of hydrogen-bond donors (Lipinski definition) is 1. The summed E-state index contributed by atoms with van der Waals surface area (Å²) in [5.74, 6) is -0.108. The van der Waals surface area contributed by atoms with Crippen molar-refractivity contribution in [3.8, 4) is 0 Å². The Labute approximate surface area is 92.8 Å². The Hall–Kier alpha value is -0.570. The van der Waals surface area contributed by atoms with Gasteiger partial charge in [-0.2, -0.15) is 0 Å². The Balaban J connectivity index is 4.04. The molecule has 0 aromatic rings. The normalized spacial score (nSPS) is 15.7. The molecule has 0 aliphatic heterocycles. The molecule has 90 valence electrons. The molecule has 0 aromatic heterocycles. The molecule has 0 rings (SSSR count). The molecule has 0 aliphatic rings. The molecule has 15 heavy (non-hydrogen) atoms. The molecule has 0 spiro atoms. The van der Waals surface area contributed by atoms with E-state index in [0.717, 1.165) is 0 Å². The monoisotopic (exact) mass is 216 g/mol. The summed E-state index contributed by atoms with van der Waals surface area (Å²) >= 11 is 0. The molecule has 0 radical (unpaired) electrons. The highest BCUT2D eigenvalue weighted by Gasteiger charge is 2.36. The van der Waals surface area contributed by atoms with Crippen molar-refractivity contribution in [2.45, 2.75) is 41.0 Å². The minimum Gasteiger partial charge on any atom is -0.481 e. The maximum absolute atomic E-state index is 11.1. The summed E-state index contributed by atoms with van der Waals surface area (Å²) in [4.78, 5) is 11.1. The topological polar surface area (TPSA) is 46.5 Å². The van der Waals surface area contributed by atoms with Crippen LogP contribution in [-0.4, -0.2) is 24.3 Å². The van der Waals surface area contributed by atoms with Crippen LogP contribution in [0.2, 0.25) is 0 Å².